The van der Waals surface area contributed by atoms with Crippen molar-refractivity contribution in [2.24, 2.45) is 0 Å². The quantitative estimate of drug-likeness (QED) is 0.740. The molecule has 0 bridgehead atoms. The summed E-state index contributed by atoms with van der Waals surface area (Å²) in [6, 6.07) is 11.3. The van der Waals surface area contributed by atoms with Gasteiger partial charge in [-0.3, -0.25) is 14.3 Å². The first-order chi connectivity index (χ1) is 10.2. The van der Waals surface area contributed by atoms with Gasteiger partial charge in [-0.05, 0) is 29.8 Å². The Hall–Kier alpha value is -2.49. The molecule has 0 aliphatic heterocycles. The van der Waals surface area contributed by atoms with Crippen LogP contribution >= 0.6 is 0 Å². The third-order valence-electron chi connectivity index (χ3n) is 3.50. The number of nitrogens with zero attached hydrogens (tertiary/aromatic N) is 3. The van der Waals surface area contributed by atoms with Crippen LogP contribution in [0.4, 0.5) is 0 Å². The van der Waals surface area contributed by atoms with Crippen molar-refractivity contribution in [3.05, 3.63) is 70.5 Å². The van der Waals surface area contributed by atoms with Crippen LogP contribution in [0.5, 0.6) is 0 Å². The molecule has 1 aromatic carbocycles. The number of hydrogen-bond acceptors (Lipinski definition) is 3. The van der Waals surface area contributed by atoms with Gasteiger partial charge in [0, 0.05) is 18.3 Å². The molecule has 106 valence electrons. The standard InChI is InChI=1S/C17H17N3O/c1-12(2)16-19-15-6-4-3-5-14(15)17(21)20(16)11-13-7-9-18-10-8-13/h3-10,12H,11H2,1-2H3. The van der Waals surface area contributed by atoms with Gasteiger partial charge in [0.1, 0.15) is 5.82 Å². The molecule has 0 radical (unpaired) electrons. The predicted molar refractivity (Wildman–Crippen MR) is 83.4 cm³/mol. The van der Waals surface area contributed by atoms with Crippen molar-refractivity contribution in [1.82, 2.24) is 14.5 Å². The predicted octanol–water partition coefficient (Wildman–Crippen LogP) is 2.96. The maximum Gasteiger partial charge on any atom is 0.261 e. The molecule has 0 aliphatic rings. The maximum atomic E-state index is 12.8. The Morgan fingerprint density at radius 3 is 2.52 bits per heavy atom. The number of rotatable bonds is 3. The Morgan fingerprint density at radius 2 is 1.81 bits per heavy atom. The number of pyridine rings is 1. The minimum atomic E-state index is 0.0149. The summed E-state index contributed by atoms with van der Waals surface area (Å²) in [7, 11) is 0. The van der Waals surface area contributed by atoms with Crippen molar-refractivity contribution >= 4 is 10.9 Å². The van der Waals surface area contributed by atoms with Crippen molar-refractivity contribution in [1.29, 1.82) is 0 Å². The lowest BCUT2D eigenvalue weighted by Gasteiger charge is -2.15. The van der Waals surface area contributed by atoms with Crippen LogP contribution in [0, 0.1) is 0 Å². The lowest BCUT2D eigenvalue weighted by atomic mass is 10.1. The van der Waals surface area contributed by atoms with E-state index < -0.39 is 0 Å². The molecule has 0 fully saturated rings. The lowest BCUT2D eigenvalue weighted by Crippen LogP contribution is -2.26. The smallest absolute Gasteiger partial charge is 0.261 e. The summed E-state index contributed by atoms with van der Waals surface area (Å²) in [6.07, 6.45) is 3.48. The van der Waals surface area contributed by atoms with Gasteiger partial charge in [-0.15, -0.1) is 0 Å². The zero-order valence-electron chi connectivity index (χ0n) is 12.2. The summed E-state index contributed by atoms with van der Waals surface area (Å²) >= 11 is 0. The lowest BCUT2D eigenvalue weighted by molar-refractivity contribution is 0.634. The van der Waals surface area contributed by atoms with E-state index in [0.29, 0.717) is 11.9 Å². The van der Waals surface area contributed by atoms with Crippen LogP contribution in [0.25, 0.3) is 10.9 Å². The molecule has 0 N–H and O–H groups in total. The molecule has 0 amide bonds. The maximum absolute atomic E-state index is 12.8. The SMILES string of the molecule is CC(C)c1nc2ccccc2c(=O)n1Cc1ccncc1. The van der Waals surface area contributed by atoms with Crippen LogP contribution in [0.2, 0.25) is 0 Å². The van der Waals surface area contributed by atoms with E-state index in [2.05, 4.69) is 23.8 Å². The minimum Gasteiger partial charge on any atom is -0.291 e. The average molecular weight is 279 g/mol. The third-order valence-corrected chi connectivity index (χ3v) is 3.50. The van der Waals surface area contributed by atoms with Gasteiger partial charge >= 0.3 is 0 Å². The number of benzene rings is 1. The summed E-state index contributed by atoms with van der Waals surface area (Å²) in [5, 5.41) is 0.663. The average Bonchev–Trinajstić information content (AvgIpc) is 2.51. The topological polar surface area (TPSA) is 47.8 Å². The number of hydrogen-bond donors (Lipinski definition) is 0. The van der Waals surface area contributed by atoms with E-state index in [1.54, 1.807) is 17.0 Å². The van der Waals surface area contributed by atoms with E-state index in [1.165, 1.54) is 0 Å². The van der Waals surface area contributed by atoms with Crippen LogP contribution in [-0.2, 0) is 6.54 Å². The molecule has 4 nitrogen and oxygen atoms in total. The fraction of sp³-hybridized carbons (Fsp3) is 0.235. The number of para-hydroxylation sites is 1. The first kappa shape index (κ1) is 13.5. The van der Waals surface area contributed by atoms with Gasteiger partial charge in [-0.2, -0.15) is 0 Å². The molecule has 0 atom stereocenters. The molecule has 2 heterocycles. The fourth-order valence-corrected chi connectivity index (χ4v) is 2.45. The van der Waals surface area contributed by atoms with Crippen LogP contribution in [0.1, 0.15) is 31.2 Å². The third kappa shape index (κ3) is 2.57. The monoisotopic (exact) mass is 279 g/mol. The van der Waals surface area contributed by atoms with Crippen molar-refractivity contribution in [3.63, 3.8) is 0 Å². The molecule has 3 aromatic rings. The Bertz CT molecular complexity index is 822. The Morgan fingerprint density at radius 1 is 1.10 bits per heavy atom. The molecular formula is C17H17N3O. The summed E-state index contributed by atoms with van der Waals surface area (Å²) in [5.41, 5.74) is 1.82. The molecular weight excluding hydrogens is 262 g/mol. The van der Waals surface area contributed by atoms with E-state index in [9.17, 15) is 4.79 Å². The summed E-state index contributed by atoms with van der Waals surface area (Å²) in [6.45, 7) is 4.63. The summed E-state index contributed by atoms with van der Waals surface area (Å²) in [5.74, 6) is 1.000. The van der Waals surface area contributed by atoms with Crippen molar-refractivity contribution in [2.45, 2.75) is 26.3 Å². The van der Waals surface area contributed by atoms with Crippen molar-refractivity contribution in [2.75, 3.05) is 0 Å². The van der Waals surface area contributed by atoms with Crippen LogP contribution in [-0.4, -0.2) is 14.5 Å². The second-order valence-electron chi connectivity index (χ2n) is 5.39. The molecule has 0 unspecified atom stereocenters. The molecule has 3 rings (SSSR count). The largest absolute Gasteiger partial charge is 0.291 e. The molecule has 21 heavy (non-hydrogen) atoms. The van der Waals surface area contributed by atoms with Crippen LogP contribution in [0.15, 0.2) is 53.6 Å². The molecule has 4 heteroatoms. The zero-order valence-corrected chi connectivity index (χ0v) is 12.2. The first-order valence-corrected chi connectivity index (χ1v) is 7.05. The van der Waals surface area contributed by atoms with Gasteiger partial charge in [0.05, 0.1) is 17.4 Å². The highest BCUT2D eigenvalue weighted by atomic mass is 16.1. The van der Waals surface area contributed by atoms with Gasteiger partial charge in [0.2, 0.25) is 0 Å². The molecule has 2 aromatic heterocycles. The second-order valence-corrected chi connectivity index (χ2v) is 5.39. The van der Waals surface area contributed by atoms with Gasteiger partial charge < -0.3 is 0 Å². The van der Waals surface area contributed by atoms with Crippen LogP contribution in [0.3, 0.4) is 0 Å². The Balaban J connectivity index is 2.22. The highest BCUT2D eigenvalue weighted by Crippen LogP contribution is 2.16. The normalized spacial score (nSPS) is 11.2. The Kier molecular flexibility index (Phi) is 3.52. The Labute approximate surface area is 123 Å². The second kappa shape index (κ2) is 5.48. The highest BCUT2D eigenvalue weighted by molar-refractivity contribution is 5.77. The van der Waals surface area contributed by atoms with Crippen LogP contribution < -0.4 is 5.56 Å². The first-order valence-electron chi connectivity index (χ1n) is 7.05. The van der Waals surface area contributed by atoms with E-state index in [1.807, 2.05) is 36.4 Å². The zero-order chi connectivity index (χ0) is 14.8. The summed E-state index contributed by atoms with van der Waals surface area (Å²) in [4.78, 5) is 21.5. The van der Waals surface area contributed by atoms with E-state index in [0.717, 1.165) is 16.9 Å². The van der Waals surface area contributed by atoms with Gasteiger partial charge in [-0.25, -0.2) is 4.98 Å². The molecule has 0 spiro atoms. The molecule has 0 saturated heterocycles. The number of fused-ring (bicyclic) bond motifs is 1. The van der Waals surface area contributed by atoms with E-state index in [-0.39, 0.29) is 11.5 Å². The van der Waals surface area contributed by atoms with E-state index >= 15 is 0 Å². The number of aromatic nitrogens is 3. The minimum absolute atomic E-state index is 0.0149. The van der Waals surface area contributed by atoms with Crippen molar-refractivity contribution < 1.29 is 0 Å². The van der Waals surface area contributed by atoms with Gasteiger partial charge in [0.25, 0.3) is 5.56 Å². The molecule has 0 aliphatic carbocycles. The molecule has 0 saturated carbocycles. The fourth-order valence-electron chi connectivity index (χ4n) is 2.45. The van der Waals surface area contributed by atoms with Gasteiger partial charge in [0.15, 0.2) is 0 Å². The van der Waals surface area contributed by atoms with E-state index in [4.69, 9.17) is 0 Å². The van der Waals surface area contributed by atoms with Crippen molar-refractivity contribution in [3.8, 4) is 0 Å². The highest BCUT2D eigenvalue weighted by Gasteiger charge is 2.13. The summed E-state index contributed by atoms with van der Waals surface area (Å²) < 4.78 is 1.77. The van der Waals surface area contributed by atoms with Gasteiger partial charge in [-0.1, -0.05) is 26.0 Å².